The molecule has 1 aliphatic heterocycles. The SMILES string of the molecule is CC(C)C(=O)N(C)CC(=O)N1N=C(c2cccs2)C[C@@H]1c1ccc(Cl)cc1. The molecule has 0 saturated carbocycles. The van der Waals surface area contributed by atoms with Crippen LogP contribution < -0.4 is 0 Å². The molecule has 2 aromatic rings. The van der Waals surface area contributed by atoms with E-state index in [0.29, 0.717) is 11.4 Å². The maximum Gasteiger partial charge on any atom is 0.262 e. The first-order chi connectivity index (χ1) is 12.9. The predicted molar refractivity (Wildman–Crippen MR) is 109 cm³/mol. The zero-order chi connectivity index (χ0) is 19.6. The Morgan fingerprint density at radius 3 is 2.59 bits per heavy atom. The van der Waals surface area contributed by atoms with Crippen LogP contribution in [0.5, 0.6) is 0 Å². The zero-order valence-electron chi connectivity index (χ0n) is 15.6. The molecule has 142 valence electrons. The Bertz CT molecular complexity index is 847. The van der Waals surface area contributed by atoms with Gasteiger partial charge in [-0.2, -0.15) is 5.10 Å². The molecule has 0 aliphatic carbocycles. The average molecular weight is 404 g/mol. The van der Waals surface area contributed by atoms with Crippen LogP contribution in [0.1, 0.15) is 36.8 Å². The fourth-order valence-electron chi connectivity index (χ4n) is 3.07. The Kier molecular flexibility index (Phi) is 5.97. The Hall–Kier alpha value is -2.18. The molecule has 0 bridgehead atoms. The van der Waals surface area contributed by atoms with Gasteiger partial charge in [0.2, 0.25) is 5.91 Å². The van der Waals surface area contributed by atoms with Gasteiger partial charge in [0, 0.05) is 24.4 Å². The van der Waals surface area contributed by atoms with Crippen molar-refractivity contribution in [3.63, 3.8) is 0 Å². The Labute approximate surface area is 168 Å². The molecule has 7 heteroatoms. The number of rotatable bonds is 5. The van der Waals surface area contributed by atoms with Crippen LogP contribution in [0, 0.1) is 5.92 Å². The molecule has 3 rings (SSSR count). The molecule has 1 atom stereocenters. The number of carbonyl (C=O) groups excluding carboxylic acids is 2. The lowest BCUT2D eigenvalue weighted by atomic mass is 10.0. The van der Waals surface area contributed by atoms with Crippen molar-refractivity contribution >= 4 is 40.5 Å². The van der Waals surface area contributed by atoms with E-state index in [1.165, 1.54) is 9.91 Å². The van der Waals surface area contributed by atoms with E-state index in [-0.39, 0.29) is 30.3 Å². The highest BCUT2D eigenvalue weighted by Gasteiger charge is 2.34. The van der Waals surface area contributed by atoms with Gasteiger partial charge in [0.05, 0.1) is 16.6 Å². The molecule has 0 saturated heterocycles. The number of halogens is 1. The van der Waals surface area contributed by atoms with Gasteiger partial charge in [0.15, 0.2) is 0 Å². The van der Waals surface area contributed by atoms with Crippen LogP contribution in [0.3, 0.4) is 0 Å². The third-order valence-corrected chi connectivity index (χ3v) is 5.64. The minimum Gasteiger partial charge on any atom is -0.336 e. The monoisotopic (exact) mass is 403 g/mol. The summed E-state index contributed by atoms with van der Waals surface area (Å²) in [5.41, 5.74) is 1.86. The van der Waals surface area contributed by atoms with Crippen molar-refractivity contribution in [3.8, 4) is 0 Å². The maximum absolute atomic E-state index is 13.0. The predicted octanol–water partition coefficient (Wildman–Crippen LogP) is 4.19. The Morgan fingerprint density at radius 1 is 1.30 bits per heavy atom. The fraction of sp³-hybridized carbons (Fsp3) is 0.350. The highest BCUT2D eigenvalue weighted by Crippen LogP contribution is 2.34. The second kappa shape index (κ2) is 8.23. The number of hydrogen-bond donors (Lipinski definition) is 0. The zero-order valence-corrected chi connectivity index (χ0v) is 17.1. The highest BCUT2D eigenvalue weighted by molar-refractivity contribution is 7.12. The van der Waals surface area contributed by atoms with E-state index in [0.717, 1.165) is 16.2 Å². The molecule has 1 aliphatic rings. The number of benzene rings is 1. The van der Waals surface area contributed by atoms with Gasteiger partial charge in [0.25, 0.3) is 5.91 Å². The molecule has 0 radical (unpaired) electrons. The van der Waals surface area contributed by atoms with Crippen LogP contribution in [0.25, 0.3) is 0 Å². The number of nitrogens with zero attached hydrogens (tertiary/aromatic N) is 3. The lowest BCUT2D eigenvalue weighted by Crippen LogP contribution is -2.40. The molecule has 0 N–H and O–H groups in total. The van der Waals surface area contributed by atoms with Gasteiger partial charge in [-0.25, -0.2) is 5.01 Å². The van der Waals surface area contributed by atoms with Crippen LogP contribution in [-0.2, 0) is 9.59 Å². The number of carbonyl (C=O) groups is 2. The van der Waals surface area contributed by atoms with Gasteiger partial charge in [-0.05, 0) is 29.1 Å². The molecule has 0 unspecified atom stereocenters. The summed E-state index contributed by atoms with van der Waals surface area (Å²) in [5, 5.41) is 8.77. The molecular weight excluding hydrogens is 382 g/mol. The topological polar surface area (TPSA) is 53.0 Å². The van der Waals surface area contributed by atoms with Crippen molar-refractivity contribution in [1.29, 1.82) is 0 Å². The van der Waals surface area contributed by atoms with Crippen molar-refractivity contribution in [2.24, 2.45) is 11.0 Å². The number of hydrazone groups is 1. The lowest BCUT2D eigenvalue weighted by molar-refractivity contribution is -0.142. The van der Waals surface area contributed by atoms with E-state index >= 15 is 0 Å². The summed E-state index contributed by atoms with van der Waals surface area (Å²) in [6.07, 6.45) is 0.635. The van der Waals surface area contributed by atoms with E-state index in [9.17, 15) is 9.59 Å². The first kappa shape index (κ1) is 19.6. The molecule has 1 aromatic carbocycles. The van der Waals surface area contributed by atoms with Crippen LogP contribution in [0.15, 0.2) is 46.9 Å². The molecule has 2 amide bonds. The van der Waals surface area contributed by atoms with E-state index in [2.05, 4.69) is 5.10 Å². The molecule has 0 spiro atoms. The van der Waals surface area contributed by atoms with Crippen molar-refractivity contribution in [2.45, 2.75) is 26.3 Å². The van der Waals surface area contributed by atoms with E-state index in [1.54, 1.807) is 18.4 Å². The molecule has 1 aromatic heterocycles. The third kappa shape index (κ3) is 4.39. The lowest BCUT2D eigenvalue weighted by Gasteiger charge is -2.25. The van der Waals surface area contributed by atoms with Crippen LogP contribution in [0.4, 0.5) is 0 Å². The van der Waals surface area contributed by atoms with E-state index in [4.69, 9.17) is 11.6 Å². The number of hydrogen-bond acceptors (Lipinski definition) is 4. The fourth-order valence-corrected chi connectivity index (χ4v) is 3.92. The minimum absolute atomic E-state index is 0.00231. The van der Waals surface area contributed by atoms with Crippen LogP contribution in [-0.4, -0.2) is 41.0 Å². The van der Waals surface area contributed by atoms with E-state index in [1.807, 2.05) is 55.6 Å². The van der Waals surface area contributed by atoms with E-state index < -0.39 is 0 Å². The van der Waals surface area contributed by atoms with Crippen LogP contribution in [0.2, 0.25) is 5.02 Å². The molecule has 0 fully saturated rings. The smallest absolute Gasteiger partial charge is 0.262 e. The summed E-state index contributed by atoms with van der Waals surface area (Å²) in [7, 11) is 1.65. The quantitative estimate of drug-likeness (QED) is 0.751. The highest BCUT2D eigenvalue weighted by atomic mass is 35.5. The normalized spacial score (nSPS) is 16.6. The number of amides is 2. The van der Waals surface area contributed by atoms with Gasteiger partial charge in [-0.3, -0.25) is 9.59 Å². The Morgan fingerprint density at radius 2 is 2.00 bits per heavy atom. The molecule has 5 nitrogen and oxygen atoms in total. The van der Waals surface area contributed by atoms with Crippen molar-refractivity contribution in [1.82, 2.24) is 9.91 Å². The minimum atomic E-state index is -0.200. The molecule has 27 heavy (non-hydrogen) atoms. The second-order valence-corrected chi connectivity index (χ2v) is 8.27. The molecule has 2 heterocycles. The van der Waals surface area contributed by atoms with Crippen molar-refractivity contribution in [2.75, 3.05) is 13.6 Å². The maximum atomic E-state index is 13.0. The summed E-state index contributed by atoms with van der Waals surface area (Å²) in [6.45, 7) is 3.65. The largest absolute Gasteiger partial charge is 0.336 e. The molecular formula is C20H22ClN3O2S. The third-order valence-electron chi connectivity index (χ3n) is 4.47. The Balaban J connectivity index is 1.85. The summed E-state index contributed by atoms with van der Waals surface area (Å²) in [5.74, 6) is -0.412. The first-order valence-electron chi connectivity index (χ1n) is 8.80. The average Bonchev–Trinajstić information content (AvgIpc) is 3.31. The second-order valence-electron chi connectivity index (χ2n) is 6.88. The van der Waals surface area contributed by atoms with Gasteiger partial charge in [0.1, 0.15) is 6.54 Å². The first-order valence-corrected chi connectivity index (χ1v) is 10.1. The van der Waals surface area contributed by atoms with Crippen molar-refractivity contribution < 1.29 is 9.59 Å². The van der Waals surface area contributed by atoms with Crippen molar-refractivity contribution in [3.05, 3.63) is 57.2 Å². The van der Waals surface area contributed by atoms with Crippen LogP contribution >= 0.6 is 22.9 Å². The summed E-state index contributed by atoms with van der Waals surface area (Å²) in [4.78, 5) is 27.6. The van der Waals surface area contributed by atoms with Gasteiger partial charge in [-0.15, -0.1) is 11.3 Å². The summed E-state index contributed by atoms with van der Waals surface area (Å²) < 4.78 is 0. The number of thiophene rings is 1. The number of likely N-dealkylation sites (N-methyl/N-ethyl adjacent to an activating group) is 1. The van der Waals surface area contributed by atoms with Gasteiger partial charge in [-0.1, -0.05) is 43.6 Å². The van der Waals surface area contributed by atoms with Gasteiger partial charge >= 0.3 is 0 Å². The summed E-state index contributed by atoms with van der Waals surface area (Å²) in [6, 6.07) is 11.2. The van der Waals surface area contributed by atoms with Gasteiger partial charge < -0.3 is 4.90 Å². The summed E-state index contributed by atoms with van der Waals surface area (Å²) >= 11 is 7.61. The standard InChI is InChI=1S/C20H22ClN3O2S/c1-13(2)20(26)23(3)12-19(25)24-17(14-6-8-15(21)9-7-14)11-16(22-24)18-5-4-10-27-18/h4-10,13,17H,11-12H2,1-3H3/t17-/m1/s1.